The van der Waals surface area contributed by atoms with Gasteiger partial charge in [-0.3, -0.25) is 4.79 Å². The molecule has 0 aliphatic carbocycles. The molecule has 0 atom stereocenters. The molecule has 0 saturated carbocycles. The first kappa shape index (κ1) is 9.36. The summed E-state index contributed by atoms with van der Waals surface area (Å²) >= 11 is 11.5. The number of carbonyl (C=O) groups excluding carboxylic acids is 1. The summed E-state index contributed by atoms with van der Waals surface area (Å²) in [6, 6.07) is 4.97. The van der Waals surface area contributed by atoms with Gasteiger partial charge >= 0.3 is 0 Å². The van der Waals surface area contributed by atoms with Gasteiger partial charge < -0.3 is 0 Å². The van der Waals surface area contributed by atoms with Crippen LogP contribution in [0.2, 0.25) is 10.0 Å². The number of hydrogen-bond donors (Lipinski definition) is 0. The van der Waals surface area contributed by atoms with Crippen molar-refractivity contribution in [2.24, 2.45) is 0 Å². The zero-order valence-electron chi connectivity index (χ0n) is 6.34. The van der Waals surface area contributed by atoms with Crippen LogP contribution in [0.1, 0.15) is 6.92 Å². The minimum Gasteiger partial charge on any atom is -0.273 e. The van der Waals surface area contributed by atoms with E-state index in [1.807, 2.05) is 0 Å². The van der Waals surface area contributed by atoms with Crippen molar-refractivity contribution in [2.75, 3.05) is 0 Å². The molecule has 0 aliphatic rings. The van der Waals surface area contributed by atoms with E-state index in [9.17, 15) is 4.79 Å². The molecule has 1 aromatic carbocycles. The molecule has 0 aromatic heterocycles. The lowest BCUT2D eigenvalue weighted by Gasteiger charge is -2.02. The van der Waals surface area contributed by atoms with E-state index in [0.717, 1.165) is 0 Å². The Morgan fingerprint density at radius 2 is 1.83 bits per heavy atom. The van der Waals surface area contributed by atoms with Gasteiger partial charge in [-0.25, -0.2) is 5.32 Å². The highest BCUT2D eigenvalue weighted by Gasteiger charge is 2.07. The van der Waals surface area contributed by atoms with Gasteiger partial charge in [0.15, 0.2) is 0 Å². The van der Waals surface area contributed by atoms with Gasteiger partial charge in [0.2, 0.25) is 5.91 Å². The summed E-state index contributed by atoms with van der Waals surface area (Å²) < 4.78 is 0. The highest BCUT2D eigenvalue weighted by atomic mass is 35.5. The van der Waals surface area contributed by atoms with Crippen LogP contribution in [0, 0.1) is 0 Å². The van der Waals surface area contributed by atoms with E-state index in [-0.39, 0.29) is 5.91 Å². The van der Waals surface area contributed by atoms with E-state index < -0.39 is 0 Å². The Morgan fingerprint density at radius 3 is 2.25 bits per heavy atom. The molecule has 0 fully saturated rings. The molecular formula is C8H6Cl2NO. The van der Waals surface area contributed by atoms with Gasteiger partial charge in [0.25, 0.3) is 0 Å². The molecule has 0 saturated heterocycles. The first-order valence-corrected chi connectivity index (χ1v) is 4.03. The Bertz CT molecular complexity index is 292. The fraction of sp³-hybridized carbons (Fsp3) is 0.125. The van der Waals surface area contributed by atoms with Crippen LogP contribution in [0.25, 0.3) is 0 Å². The Labute approximate surface area is 80.5 Å². The summed E-state index contributed by atoms with van der Waals surface area (Å²) in [5, 5.41) is 4.43. The highest BCUT2D eigenvalue weighted by Crippen LogP contribution is 2.29. The Morgan fingerprint density at radius 1 is 1.33 bits per heavy atom. The maximum atomic E-state index is 10.6. The number of carbonyl (C=O) groups is 1. The largest absolute Gasteiger partial charge is 0.273 e. The third-order valence-electron chi connectivity index (χ3n) is 1.21. The van der Waals surface area contributed by atoms with Crippen LogP contribution in [0.15, 0.2) is 18.2 Å². The first-order valence-electron chi connectivity index (χ1n) is 3.27. The van der Waals surface area contributed by atoms with Gasteiger partial charge in [-0.1, -0.05) is 29.3 Å². The van der Waals surface area contributed by atoms with E-state index in [2.05, 4.69) is 5.32 Å². The number of benzene rings is 1. The molecule has 1 amide bonds. The minimum atomic E-state index is -0.315. The van der Waals surface area contributed by atoms with Crippen molar-refractivity contribution in [2.45, 2.75) is 6.92 Å². The van der Waals surface area contributed by atoms with Gasteiger partial charge in [-0.05, 0) is 12.1 Å². The quantitative estimate of drug-likeness (QED) is 0.690. The van der Waals surface area contributed by atoms with Gasteiger partial charge in [0.1, 0.15) is 5.69 Å². The lowest BCUT2D eigenvalue weighted by atomic mass is 10.3. The van der Waals surface area contributed by atoms with Crippen LogP contribution in [-0.2, 0) is 4.79 Å². The highest BCUT2D eigenvalue weighted by molar-refractivity contribution is 6.38. The SMILES string of the molecule is CC(=O)[N]c1c(Cl)cccc1Cl. The van der Waals surface area contributed by atoms with Crippen molar-refractivity contribution < 1.29 is 4.79 Å². The van der Waals surface area contributed by atoms with Gasteiger partial charge in [0, 0.05) is 6.92 Å². The van der Waals surface area contributed by atoms with Crippen molar-refractivity contribution in [3.8, 4) is 0 Å². The van der Waals surface area contributed by atoms with E-state index >= 15 is 0 Å². The molecule has 2 nitrogen and oxygen atoms in total. The third-order valence-corrected chi connectivity index (χ3v) is 1.82. The van der Waals surface area contributed by atoms with Crippen LogP contribution in [0.3, 0.4) is 0 Å². The maximum absolute atomic E-state index is 10.6. The van der Waals surface area contributed by atoms with Crippen LogP contribution in [-0.4, -0.2) is 5.91 Å². The Kier molecular flexibility index (Phi) is 2.95. The van der Waals surface area contributed by atoms with Crippen molar-refractivity contribution in [3.05, 3.63) is 28.2 Å². The molecule has 4 heteroatoms. The summed E-state index contributed by atoms with van der Waals surface area (Å²) in [6.45, 7) is 1.35. The molecule has 0 spiro atoms. The molecule has 1 radical (unpaired) electrons. The van der Waals surface area contributed by atoms with Crippen molar-refractivity contribution in [3.63, 3.8) is 0 Å². The van der Waals surface area contributed by atoms with Gasteiger partial charge in [-0.15, -0.1) is 0 Å². The molecule has 0 bridgehead atoms. The van der Waals surface area contributed by atoms with Crippen molar-refractivity contribution in [1.82, 2.24) is 5.32 Å². The summed E-state index contributed by atoms with van der Waals surface area (Å²) in [5.74, 6) is -0.315. The van der Waals surface area contributed by atoms with Crippen LogP contribution in [0.4, 0.5) is 5.69 Å². The van der Waals surface area contributed by atoms with Gasteiger partial charge in [0.05, 0.1) is 10.0 Å². The van der Waals surface area contributed by atoms with Crippen molar-refractivity contribution in [1.29, 1.82) is 0 Å². The third kappa shape index (κ3) is 2.13. The van der Waals surface area contributed by atoms with E-state index in [1.54, 1.807) is 18.2 Å². The molecular weight excluding hydrogens is 197 g/mol. The summed E-state index contributed by atoms with van der Waals surface area (Å²) in [5.41, 5.74) is 0.341. The monoisotopic (exact) mass is 202 g/mol. The number of nitrogens with zero attached hydrogens (tertiary/aromatic N) is 1. The molecule has 63 valence electrons. The zero-order chi connectivity index (χ0) is 9.14. The molecule has 1 rings (SSSR count). The molecule has 0 aliphatic heterocycles. The summed E-state index contributed by atoms with van der Waals surface area (Å²) in [6.07, 6.45) is 0. The zero-order valence-corrected chi connectivity index (χ0v) is 7.86. The smallest absolute Gasteiger partial charge is 0.243 e. The van der Waals surface area contributed by atoms with Crippen LogP contribution in [0.5, 0.6) is 0 Å². The van der Waals surface area contributed by atoms with Crippen molar-refractivity contribution >= 4 is 34.8 Å². The Hall–Kier alpha value is -0.730. The first-order chi connectivity index (χ1) is 5.61. The second kappa shape index (κ2) is 3.78. The fourth-order valence-corrected chi connectivity index (χ4v) is 1.24. The standard InChI is InChI=1S/C8H6Cl2NO/c1-5(12)11-8-6(9)3-2-4-7(8)10/h2-4H,1H3. The van der Waals surface area contributed by atoms with Gasteiger partial charge in [-0.2, -0.15) is 0 Å². The topological polar surface area (TPSA) is 31.2 Å². The minimum absolute atomic E-state index is 0.315. The summed E-state index contributed by atoms with van der Waals surface area (Å²) in [7, 11) is 0. The molecule has 0 unspecified atom stereocenters. The number of para-hydroxylation sites is 1. The number of amides is 1. The number of hydrogen-bond acceptors (Lipinski definition) is 1. The van der Waals surface area contributed by atoms with E-state index in [4.69, 9.17) is 23.2 Å². The average molecular weight is 203 g/mol. The second-order valence-electron chi connectivity index (χ2n) is 2.20. The van der Waals surface area contributed by atoms with E-state index in [0.29, 0.717) is 15.7 Å². The summed E-state index contributed by atoms with van der Waals surface area (Å²) in [4.78, 5) is 10.6. The van der Waals surface area contributed by atoms with Crippen LogP contribution < -0.4 is 5.32 Å². The number of rotatable bonds is 1. The normalized spacial score (nSPS) is 9.58. The van der Waals surface area contributed by atoms with Crippen LogP contribution >= 0.6 is 23.2 Å². The fourth-order valence-electron chi connectivity index (χ4n) is 0.753. The predicted molar refractivity (Wildman–Crippen MR) is 48.9 cm³/mol. The van der Waals surface area contributed by atoms with E-state index in [1.165, 1.54) is 6.92 Å². The average Bonchev–Trinajstić information content (AvgIpc) is 1.97. The molecule has 0 heterocycles. The molecule has 0 N–H and O–H groups in total. The maximum Gasteiger partial charge on any atom is 0.243 e. The molecule has 1 aromatic rings. The number of halogens is 2. The lowest BCUT2D eigenvalue weighted by molar-refractivity contribution is -0.118. The Balaban J connectivity index is 3.04. The predicted octanol–water partition coefficient (Wildman–Crippen LogP) is 2.78. The second-order valence-corrected chi connectivity index (χ2v) is 3.02. The molecule has 12 heavy (non-hydrogen) atoms. The lowest BCUT2D eigenvalue weighted by Crippen LogP contribution is -2.05.